The normalized spacial score (nSPS) is 15.0. The van der Waals surface area contributed by atoms with Crippen molar-refractivity contribution in [1.82, 2.24) is 24.7 Å². The largest absolute Gasteiger partial charge is 0.352 e. The minimum atomic E-state index is -0.397. The van der Waals surface area contributed by atoms with Gasteiger partial charge in [-0.3, -0.25) is 4.79 Å². The number of amides is 1. The fourth-order valence-electron chi connectivity index (χ4n) is 3.00. The van der Waals surface area contributed by atoms with E-state index in [1.165, 1.54) is 12.1 Å². The molecule has 2 aromatic heterocycles. The van der Waals surface area contributed by atoms with Gasteiger partial charge in [-0.1, -0.05) is 6.07 Å². The van der Waals surface area contributed by atoms with E-state index < -0.39 is 5.82 Å². The minimum absolute atomic E-state index is 0.141. The molecule has 1 aliphatic heterocycles. The van der Waals surface area contributed by atoms with Crippen molar-refractivity contribution in [2.45, 2.75) is 6.92 Å². The number of fused-ring (bicyclic) bond motifs is 1. The average Bonchev–Trinajstić information content (AvgIpc) is 3.02. The Balaban J connectivity index is 1.47. The van der Waals surface area contributed by atoms with Crippen molar-refractivity contribution in [3.63, 3.8) is 0 Å². The highest BCUT2D eigenvalue weighted by Gasteiger charge is 2.23. The van der Waals surface area contributed by atoms with Gasteiger partial charge in [0.05, 0.1) is 0 Å². The Labute approximate surface area is 143 Å². The minimum Gasteiger partial charge on any atom is -0.352 e. The van der Waals surface area contributed by atoms with E-state index in [1.807, 2.05) is 19.1 Å². The molecule has 1 fully saturated rings. The molecule has 0 unspecified atom stereocenters. The molecule has 0 N–H and O–H groups in total. The predicted octanol–water partition coefficient (Wildman–Crippen LogP) is 1.53. The molecule has 1 aliphatic rings. The summed E-state index contributed by atoms with van der Waals surface area (Å²) in [6, 6.07) is 9.60. The molecule has 25 heavy (non-hydrogen) atoms. The maximum absolute atomic E-state index is 13.3. The second-order valence-corrected chi connectivity index (χ2v) is 6.00. The van der Waals surface area contributed by atoms with Crippen LogP contribution in [0.1, 0.15) is 16.2 Å². The number of rotatable bonds is 2. The summed E-state index contributed by atoms with van der Waals surface area (Å²) in [7, 11) is 0. The molecule has 4 rings (SSSR count). The summed E-state index contributed by atoms with van der Waals surface area (Å²) in [5.74, 6) is 1.02. The van der Waals surface area contributed by atoms with Crippen molar-refractivity contribution in [3.8, 4) is 0 Å². The third-order valence-corrected chi connectivity index (χ3v) is 4.37. The summed E-state index contributed by atoms with van der Waals surface area (Å²) in [5, 5.41) is 12.6. The third-order valence-electron chi connectivity index (χ3n) is 4.37. The van der Waals surface area contributed by atoms with E-state index in [4.69, 9.17) is 0 Å². The lowest BCUT2D eigenvalue weighted by Crippen LogP contribution is -2.49. The number of piperazine rings is 1. The van der Waals surface area contributed by atoms with Crippen LogP contribution in [0.2, 0.25) is 0 Å². The van der Waals surface area contributed by atoms with Crippen molar-refractivity contribution >= 4 is 17.4 Å². The molecule has 0 radical (unpaired) electrons. The summed E-state index contributed by atoms with van der Waals surface area (Å²) in [4.78, 5) is 16.3. The first kappa shape index (κ1) is 15.5. The molecular formula is C17H17FN6O. The molecule has 7 nitrogen and oxygen atoms in total. The van der Waals surface area contributed by atoms with E-state index in [0.29, 0.717) is 37.4 Å². The number of hydrogen-bond acceptors (Lipinski definition) is 5. The monoisotopic (exact) mass is 340 g/mol. The van der Waals surface area contributed by atoms with Gasteiger partial charge < -0.3 is 9.80 Å². The molecule has 0 bridgehead atoms. The van der Waals surface area contributed by atoms with Crippen molar-refractivity contribution < 1.29 is 9.18 Å². The molecule has 1 aromatic carbocycles. The lowest BCUT2D eigenvalue weighted by atomic mass is 10.1. The summed E-state index contributed by atoms with van der Waals surface area (Å²) in [6.45, 7) is 4.32. The zero-order valence-corrected chi connectivity index (χ0v) is 13.8. The number of hydrogen-bond donors (Lipinski definition) is 0. The first-order valence-electron chi connectivity index (χ1n) is 8.11. The van der Waals surface area contributed by atoms with E-state index in [1.54, 1.807) is 21.5 Å². The number of aromatic nitrogens is 4. The van der Waals surface area contributed by atoms with Crippen LogP contribution in [0, 0.1) is 12.7 Å². The fraction of sp³-hybridized carbons (Fsp3) is 0.294. The van der Waals surface area contributed by atoms with Crippen LogP contribution in [0.5, 0.6) is 0 Å². The van der Waals surface area contributed by atoms with Gasteiger partial charge in [0.15, 0.2) is 11.5 Å². The Hall–Kier alpha value is -3.03. The van der Waals surface area contributed by atoms with E-state index in [0.717, 1.165) is 11.6 Å². The standard InChI is InChI=1S/C17H17FN6O/c1-12-19-20-15-5-6-16(21-24(12)15)22-7-9-23(10-8-22)17(25)13-3-2-4-14(18)11-13/h2-6,11H,7-10H2,1H3. The van der Waals surface area contributed by atoms with E-state index in [9.17, 15) is 9.18 Å². The van der Waals surface area contributed by atoms with E-state index in [-0.39, 0.29) is 5.91 Å². The topological polar surface area (TPSA) is 66.6 Å². The smallest absolute Gasteiger partial charge is 0.254 e. The zero-order valence-electron chi connectivity index (χ0n) is 13.8. The van der Waals surface area contributed by atoms with Crippen LogP contribution < -0.4 is 4.90 Å². The highest BCUT2D eigenvalue weighted by Crippen LogP contribution is 2.16. The Morgan fingerprint density at radius 1 is 1.08 bits per heavy atom. The molecule has 8 heteroatoms. The predicted molar refractivity (Wildman–Crippen MR) is 90.0 cm³/mol. The highest BCUT2D eigenvalue weighted by atomic mass is 19.1. The van der Waals surface area contributed by atoms with Crippen molar-refractivity contribution in [1.29, 1.82) is 0 Å². The quantitative estimate of drug-likeness (QED) is 0.708. The summed E-state index contributed by atoms with van der Waals surface area (Å²) in [6.07, 6.45) is 0. The molecular weight excluding hydrogens is 323 g/mol. The maximum Gasteiger partial charge on any atom is 0.254 e. The molecule has 0 atom stereocenters. The molecule has 1 amide bonds. The molecule has 3 heterocycles. The number of nitrogens with zero attached hydrogens (tertiary/aromatic N) is 6. The number of aryl methyl sites for hydroxylation is 1. The molecule has 128 valence electrons. The first-order chi connectivity index (χ1) is 12.1. The molecule has 0 aliphatic carbocycles. The van der Waals surface area contributed by atoms with Crippen LogP contribution in [0.15, 0.2) is 36.4 Å². The van der Waals surface area contributed by atoms with Gasteiger partial charge in [0.1, 0.15) is 11.6 Å². The summed E-state index contributed by atoms with van der Waals surface area (Å²) < 4.78 is 15.0. The number of carbonyl (C=O) groups excluding carboxylic acids is 1. The number of halogens is 1. The first-order valence-corrected chi connectivity index (χ1v) is 8.11. The molecule has 0 saturated carbocycles. The second-order valence-electron chi connectivity index (χ2n) is 6.00. The van der Waals surface area contributed by atoms with Crippen LogP contribution in [0.3, 0.4) is 0 Å². The van der Waals surface area contributed by atoms with Gasteiger partial charge in [0, 0.05) is 31.7 Å². The number of anilines is 1. The van der Waals surface area contributed by atoms with E-state index >= 15 is 0 Å². The van der Waals surface area contributed by atoms with Crippen LogP contribution in [-0.4, -0.2) is 56.8 Å². The molecule has 1 saturated heterocycles. The van der Waals surface area contributed by atoms with Gasteiger partial charge >= 0.3 is 0 Å². The Bertz CT molecular complexity index is 932. The highest BCUT2D eigenvalue weighted by molar-refractivity contribution is 5.94. The third kappa shape index (κ3) is 2.90. The lowest BCUT2D eigenvalue weighted by Gasteiger charge is -2.35. The Morgan fingerprint density at radius 3 is 2.64 bits per heavy atom. The molecule has 3 aromatic rings. The zero-order chi connectivity index (χ0) is 17.4. The van der Waals surface area contributed by atoms with Gasteiger partial charge in [-0.25, -0.2) is 4.39 Å². The van der Waals surface area contributed by atoms with Crippen LogP contribution in [-0.2, 0) is 0 Å². The van der Waals surface area contributed by atoms with Gasteiger partial charge in [-0.2, -0.15) is 4.52 Å². The second kappa shape index (κ2) is 6.12. The van der Waals surface area contributed by atoms with Gasteiger partial charge in [0.25, 0.3) is 5.91 Å². The lowest BCUT2D eigenvalue weighted by molar-refractivity contribution is 0.0746. The van der Waals surface area contributed by atoms with Crippen molar-refractivity contribution in [2.24, 2.45) is 0 Å². The van der Waals surface area contributed by atoms with Crippen LogP contribution in [0.25, 0.3) is 5.65 Å². The van der Waals surface area contributed by atoms with Gasteiger partial charge in [0.2, 0.25) is 0 Å². The maximum atomic E-state index is 13.3. The number of benzene rings is 1. The average molecular weight is 340 g/mol. The van der Waals surface area contributed by atoms with Crippen molar-refractivity contribution in [3.05, 3.63) is 53.6 Å². The summed E-state index contributed by atoms with van der Waals surface area (Å²) in [5.41, 5.74) is 1.09. The van der Waals surface area contributed by atoms with E-state index in [2.05, 4.69) is 20.2 Å². The van der Waals surface area contributed by atoms with Gasteiger partial charge in [-0.15, -0.1) is 15.3 Å². The Kier molecular flexibility index (Phi) is 3.79. The fourth-order valence-corrected chi connectivity index (χ4v) is 3.00. The number of carbonyl (C=O) groups is 1. The SMILES string of the molecule is Cc1nnc2ccc(N3CCN(C(=O)c4cccc(F)c4)CC3)nn12. The summed E-state index contributed by atoms with van der Waals surface area (Å²) >= 11 is 0. The van der Waals surface area contributed by atoms with Crippen LogP contribution >= 0.6 is 0 Å². The van der Waals surface area contributed by atoms with Crippen LogP contribution in [0.4, 0.5) is 10.2 Å². The Morgan fingerprint density at radius 2 is 1.88 bits per heavy atom. The van der Waals surface area contributed by atoms with Gasteiger partial charge in [-0.05, 0) is 37.3 Å². The van der Waals surface area contributed by atoms with Crippen molar-refractivity contribution in [2.75, 3.05) is 31.1 Å². The molecule has 0 spiro atoms.